The average Bonchev–Trinajstić information content (AvgIpc) is 2.92. The van der Waals surface area contributed by atoms with Crippen molar-refractivity contribution in [3.8, 4) is 0 Å². The molecule has 4 nitrogen and oxygen atoms in total. The fourth-order valence-corrected chi connectivity index (χ4v) is 4.49. The van der Waals surface area contributed by atoms with E-state index in [2.05, 4.69) is 45.7 Å². The minimum Gasteiger partial charge on any atom is -0.353 e. The fourth-order valence-electron chi connectivity index (χ4n) is 3.37. The van der Waals surface area contributed by atoms with Gasteiger partial charge in [0, 0.05) is 42.6 Å². The van der Waals surface area contributed by atoms with E-state index < -0.39 is 0 Å². The first-order valence-electron chi connectivity index (χ1n) is 8.54. The Morgan fingerprint density at radius 2 is 1.76 bits per heavy atom. The summed E-state index contributed by atoms with van der Waals surface area (Å²) in [5.74, 6) is 1.10. The van der Waals surface area contributed by atoms with Gasteiger partial charge in [0.05, 0.1) is 5.39 Å². The number of anilines is 1. The first-order chi connectivity index (χ1) is 12.1. The second-order valence-corrected chi connectivity index (χ2v) is 8.19. The molecule has 0 aliphatic carbocycles. The lowest BCUT2D eigenvalue weighted by Crippen LogP contribution is -2.46. The third-order valence-electron chi connectivity index (χ3n) is 4.94. The lowest BCUT2D eigenvalue weighted by molar-refractivity contribution is 0.249. The van der Waals surface area contributed by atoms with Gasteiger partial charge in [-0.05, 0) is 37.1 Å². The summed E-state index contributed by atoms with van der Waals surface area (Å²) in [6.45, 7) is 9.38. The molecular formula is C19H21ClN4S. The molecule has 3 heterocycles. The minimum absolute atomic E-state index is 0.794. The van der Waals surface area contributed by atoms with Crippen LogP contribution in [0.15, 0.2) is 30.6 Å². The summed E-state index contributed by atoms with van der Waals surface area (Å²) in [6.07, 6.45) is 1.70. The number of hydrogen-bond acceptors (Lipinski definition) is 5. The molecule has 0 amide bonds. The summed E-state index contributed by atoms with van der Waals surface area (Å²) in [5.41, 5.74) is 2.63. The Morgan fingerprint density at radius 1 is 1.04 bits per heavy atom. The quantitative estimate of drug-likeness (QED) is 0.686. The zero-order valence-corrected chi connectivity index (χ0v) is 16.1. The molecule has 1 aliphatic rings. The van der Waals surface area contributed by atoms with Crippen LogP contribution >= 0.6 is 22.9 Å². The van der Waals surface area contributed by atoms with E-state index in [9.17, 15) is 0 Å². The van der Waals surface area contributed by atoms with E-state index in [0.29, 0.717) is 0 Å². The number of fused-ring (bicyclic) bond motifs is 1. The zero-order valence-electron chi connectivity index (χ0n) is 14.5. The van der Waals surface area contributed by atoms with Gasteiger partial charge in [0.2, 0.25) is 0 Å². The van der Waals surface area contributed by atoms with Crippen molar-refractivity contribution >= 4 is 39.0 Å². The van der Waals surface area contributed by atoms with Gasteiger partial charge in [0.1, 0.15) is 17.0 Å². The van der Waals surface area contributed by atoms with Crippen LogP contribution in [-0.4, -0.2) is 41.0 Å². The van der Waals surface area contributed by atoms with Crippen LogP contribution in [0.4, 0.5) is 5.82 Å². The highest BCUT2D eigenvalue weighted by molar-refractivity contribution is 7.18. The van der Waals surface area contributed by atoms with Crippen LogP contribution in [-0.2, 0) is 6.54 Å². The van der Waals surface area contributed by atoms with E-state index in [1.807, 2.05) is 12.1 Å². The maximum Gasteiger partial charge on any atom is 0.141 e. The smallest absolute Gasteiger partial charge is 0.141 e. The Hall–Kier alpha value is -1.69. The van der Waals surface area contributed by atoms with E-state index in [1.165, 1.54) is 21.4 Å². The Labute approximate surface area is 157 Å². The number of hydrogen-bond donors (Lipinski definition) is 0. The second-order valence-electron chi connectivity index (χ2n) is 6.55. The molecule has 1 fully saturated rings. The van der Waals surface area contributed by atoms with Crippen molar-refractivity contribution in [1.82, 2.24) is 14.9 Å². The molecule has 1 aliphatic heterocycles. The Balaban J connectivity index is 1.48. The van der Waals surface area contributed by atoms with Crippen LogP contribution in [0.5, 0.6) is 0 Å². The SMILES string of the molecule is Cc1sc2ncnc(N3CCN(Cc4ccc(Cl)cc4)CC3)c2c1C. The van der Waals surface area contributed by atoms with E-state index in [1.54, 1.807) is 17.7 Å². The highest BCUT2D eigenvalue weighted by Crippen LogP contribution is 2.34. The Bertz CT molecular complexity index is 882. The van der Waals surface area contributed by atoms with Crippen molar-refractivity contribution < 1.29 is 0 Å². The minimum atomic E-state index is 0.794. The number of halogens is 1. The molecule has 2 aromatic heterocycles. The Morgan fingerprint density at radius 3 is 2.48 bits per heavy atom. The van der Waals surface area contributed by atoms with Crippen LogP contribution in [0.1, 0.15) is 16.0 Å². The summed E-state index contributed by atoms with van der Waals surface area (Å²) in [4.78, 5) is 16.4. The summed E-state index contributed by atoms with van der Waals surface area (Å²) >= 11 is 7.73. The lowest BCUT2D eigenvalue weighted by Gasteiger charge is -2.35. The first kappa shape index (κ1) is 16.8. The molecule has 1 saturated heterocycles. The summed E-state index contributed by atoms with van der Waals surface area (Å²) in [5, 5.41) is 2.03. The van der Waals surface area contributed by atoms with Gasteiger partial charge in [-0.3, -0.25) is 4.90 Å². The number of nitrogens with zero attached hydrogens (tertiary/aromatic N) is 4. The number of aromatic nitrogens is 2. The molecule has 1 aromatic carbocycles. The Kier molecular flexibility index (Phi) is 4.63. The van der Waals surface area contributed by atoms with Gasteiger partial charge in [-0.2, -0.15) is 0 Å². The van der Waals surface area contributed by atoms with Crippen molar-refractivity contribution in [2.45, 2.75) is 20.4 Å². The van der Waals surface area contributed by atoms with Crippen molar-refractivity contribution in [2.75, 3.05) is 31.1 Å². The lowest BCUT2D eigenvalue weighted by atomic mass is 10.1. The number of aryl methyl sites for hydroxylation is 2. The molecule has 6 heteroatoms. The van der Waals surface area contributed by atoms with Gasteiger partial charge in [0.25, 0.3) is 0 Å². The summed E-state index contributed by atoms with van der Waals surface area (Å²) in [6, 6.07) is 8.15. The maximum atomic E-state index is 5.97. The normalized spacial score (nSPS) is 15.9. The molecule has 0 atom stereocenters. The standard InChI is InChI=1S/C19H21ClN4S/c1-13-14(2)25-19-17(13)18(21-12-22-19)24-9-7-23(8-10-24)11-15-3-5-16(20)6-4-15/h3-6,12H,7-11H2,1-2H3. The predicted molar refractivity (Wildman–Crippen MR) is 106 cm³/mol. The van der Waals surface area contributed by atoms with Crippen molar-refractivity contribution in [1.29, 1.82) is 0 Å². The third kappa shape index (κ3) is 3.36. The van der Waals surface area contributed by atoms with Crippen molar-refractivity contribution in [3.05, 3.63) is 51.6 Å². The first-order valence-corrected chi connectivity index (χ1v) is 9.73. The highest BCUT2D eigenvalue weighted by Gasteiger charge is 2.22. The monoisotopic (exact) mass is 372 g/mol. The molecule has 0 bridgehead atoms. The van der Waals surface area contributed by atoms with E-state index >= 15 is 0 Å². The molecule has 0 radical (unpaired) electrons. The van der Waals surface area contributed by atoms with Gasteiger partial charge < -0.3 is 4.90 Å². The number of rotatable bonds is 3. The second kappa shape index (κ2) is 6.90. The van der Waals surface area contributed by atoms with Gasteiger partial charge in [0.15, 0.2) is 0 Å². The fraction of sp³-hybridized carbons (Fsp3) is 0.368. The topological polar surface area (TPSA) is 32.3 Å². The molecule has 0 spiro atoms. The average molecular weight is 373 g/mol. The van der Waals surface area contributed by atoms with Crippen LogP contribution in [0, 0.1) is 13.8 Å². The molecule has 0 N–H and O–H groups in total. The third-order valence-corrected chi connectivity index (χ3v) is 6.30. The number of benzene rings is 1. The predicted octanol–water partition coefficient (Wildman–Crippen LogP) is 4.28. The summed E-state index contributed by atoms with van der Waals surface area (Å²) < 4.78 is 0. The summed E-state index contributed by atoms with van der Waals surface area (Å²) in [7, 11) is 0. The zero-order chi connectivity index (χ0) is 17.4. The molecule has 0 unspecified atom stereocenters. The van der Waals surface area contributed by atoms with E-state index in [0.717, 1.165) is 48.4 Å². The van der Waals surface area contributed by atoms with E-state index in [-0.39, 0.29) is 0 Å². The van der Waals surface area contributed by atoms with Crippen molar-refractivity contribution in [2.24, 2.45) is 0 Å². The van der Waals surface area contributed by atoms with Gasteiger partial charge in [-0.1, -0.05) is 23.7 Å². The van der Waals surface area contributed by atoms with Gasteiger partial charge in [-0.25, -0.2) is 9.97 Å². The molecule has 25 heavy (non-hydrogen) atoms. The van der Waals surface area contributed by atoms with Gasteiger partial charge >= 0.3 is 0 Å². The number of thiophene rings is 1. The largest absolute Gasteiger partial charge is 0.353 e. The van der Waals surface area contributed by atoms with Crippen molar-refractivity contribution in [3.63, 3.8) is 0 Å². The molecular weight excluding hydrogens is 352 g/mol. The maximum absolute atomic E-state index is 5.97. The molecule has 3 aromatic rings. The molecule has 0 saturated carbocycles. The van der Waals surface area contributed by atoms with Crippen LogP contribution in [0.25, 0.3) is 10.2 Å². The number of piperazine rings is 1. The van der Waals surface area contributed by atoms with Crippen LogP contribution in [0.2, 0.25) is 5.02 Å². The van der Waals surface area contributed by atoms with Crippen LogP contribution in [0.3, 0.4) is 0 Å². The van der Waals surface area contributed by atoms with Crippen LogP contribution < -0.4 is 4.90 Å². The molecule has 4 rings (SSSR count). The van der Waals surface area contributed by atoms with E-state index in [4.69, 9.17) is 11.6 Å². The van der Waals surface area contributed by atoms with Gasteiger partial charge in [-0.15, -0.1) is 11.3 Å². The highest BCUT2D eigenvalue weighted by atomic mass is 35.5. The molecule has 130 valence electrons.